The smallest absolute Gasteiger partial charge is 0.136 e. The molecule has 1 heteroatoms. The van der Waals surface area contributed by atoms with Gasteiger partial charge in [0.2, 0.25) is 0 Å². The molecule has 0 spiro atoms. The largest absolute Gasteiger partial charge is 0.456 e. The Morgan fingerprint density at radius 1 is 0.400 bits per heavy atom. The van der Waals surface area contributed by atoms with Crippen molar-refractivity contribution in [2.75, 3.05) is 0 Å². The quantitative estimate of drug-likeness (QED) is 0.215. The maximum atomic E-state index is 6.30. The molecule has 0 aliphatic carbocycles. The van der Waals surface area contributed by atoms with Crippen molar-refractivity contribution < 1.29 is 4.42 Å². The molecule has 0 saturated carbocycles. The molecular formula is C39H26O. The molecule has 8 aromatic rings. The highest BCUT2D eigenvalue weighted by atomic mass is 16.3. The Labute approximate surface area is 232 Å². The predicted octanol–water partition coefficient (Wildman–Crippen LogP) is 11.2. The lowest BCUT2D eigenvalue weighted by Crippen LogP contribution is -1.92. The SMILES string of the molecule is Cc1ccc2c(-c3ccc(-c4ccccc4)cc3)c3ccccc3c(-c3cccc4oc5ccccc5c34)c2c1. The lowest BCUT2D eigenvalue weighted by atomic mass is 9.84. The summed E-state index contributed by atoms with van der Waals surface area (Å²) in [5.74, 6) is 0. The number of fused-ring (bicyclic) bond motifs is 5. The van der Waals surface area contributed by atoms with Crippen LogP contribution >= 0.6 is 0 Å². The molecule has 0 fully saturated rings. The standard InChI is InChI=1S/C39H26O/c1-25-18-23-31-34(24-25)38(33-15-9-17-36-39(33)32-14-7-8-16-35(32)40-36)30-13-6-5-12-29(30)37(31)28-21-19-27(20-22-28)26-10-3-2-4-11-26/h2-24H,1H3. The van der Waals surface area contributed by atoms with Gasteiger partial charge in [-0.25, -0.2) is 0 Å². The predicted molar refractivity (Wildman–Crippen MR) is 170 cm³/mol. The minimum atomic E-state index is 0.921. The van der Waals surface area contributed by atoms with Crippen molar-refractivity contribution >= 4 is 43.5 Å². The van der Waals surface area contributed by atoms with Crippen LogP contribution < -0.4 is 0 Å². The van der Waals surface area contributed by atoms with Crippen molar-refractivity contribution in [3.63, 3.8) is 0 Å². The second-order valence-corrected chi connectivity index (χ2v) is 10.6. The molecule has 8 rings (SSSR count). The number of benzene rings is 7. The van der Waals surface area contributed by atoms with E-state index in [1.54, 1.807) is 0 Å². The molecule has 188 valence electrons. The van der Waals surface area contributed by atoms with Gasteiger partial charge in [-0.1, -0.05) is 133 Å². The summed E-state index contributed by atoms with van der Waals surface area (Å²) in [5, 5.41) is 7.35. The lowest BCUT2D eigenvalue weighted by Gasteiger charge is -2.19. The van der Waals surface area contributed by atoms with E-state index in [2.05, 4.69) is 140 Å². The second kappa shape index (κ2) is 8.97. The summed E-state index contributed by atoms with van der Waals surface area (Å²) in [6.07, 6.45) is 0. The van der Waals surface area contributed by atoms with E-state index in [1.807, 2.05) is 6.07 Å². The van der Waals surface area contributed by atoms with Crippen LogP contribution in [0.5, 0.6) is 0 Å². The first-order chi connectivity index (χ1) is 19.8. The Hall–Kier alpha value is -5.14. The Balaban J connectivity index is 1.47. The van der Waals surface area contributed by atoms with Crippen molar-refractivity contribution in [2.45, 2.75) is 6.92 Å². The Morgan fingerprint density at radius 3 is 1.80 bits per heavy atom. The van der Waals surface area contributed by atoms with E-state index in [0.29, 0.717) is 0 Å². The maximum Gasteiger partial charge on any atom is 0.136 e. The molecule has 0 atom stereocenters. The molecule has 1 aromatic heterocycles. The summed E-state index contributed by atoms with van der Waals surface area (Å²) in [6.45, 7) is 2.18. The van der Waals surface area contributed by atoms with E-state index in [0.717, 1.165) is 16.6 Å². The number of rotatable bonds is 3. The third-order valence-electron chi connectivity index (χ3n) is 8.13. The van der Waals surface area contributed by atoms with Crippen LogP contribution in [0.4, 0.5) is 0 Å². The fourth-order valence-electron chi connectivity index (χ4n) is 6.34. The van der Waals surface area contributed by atoms with Crippen molar-refractivity contribution in [2.24, 2.45) is 0 Å². The van der Waals surface area contributed by atoms with Gasteiger partial charge in [0.25, 0.3) is 0 Å². The zero-order valence-corrected chi connectivity index (χ0v) is 22.2. The van der Waals surface area contributed by atoms with E-state index in [1.165, 1.54) is 65.9 Å². The molecule has 0 unspecified atom stereocenters. The van der Waals surface area contributed by atoms with Crippen LogP contribution in [0.2, 0.25) is 0 Å². The van der Waals surface area contributed by atoms with Crippen molar-refractivity contribution in [3.05, 3.63) is 145 Å². The van der Waals surface area contributed by atoms with Gasteiger partial charge < -0.3 is 4.42 Å². The topological polar surface area (TPSA) is 13.1 Å². The van der Waals surface area contributed by atoms with Gasteiger partial charge >= 0.3 is 0 Å². The molecule has 7 aromatic carbocycles. The van der Waals surface area contributed by atoms with E-state index in [4.69, 9.17) is 4.42 Å². The molecule has 0 N–H and O–H groups in total. The summed E-state index contributed by atoms with van der Waals surface area (Å²) in [5.41, 5.74) is 10.5. The van der Waals surface area contributed by atoms with Crippen molar-refractivity contribution in [3.8, 4) is 33.4 Å². The van der Waals surface area contributed by atoms with Crippen molar-refractivity contribution in [1.29, 1.82) is 0 Å². The molecule has 1 heterocycles. The second-order valence-electron chi connectivity index (χ2n) is 10.6. The molecule has 0 amide bonds. The number of furan rings is 1. The van der Waals surface area contributed by atoms with Crippen LogP contribution in [0.15, 0.2) is 144 Å². The van der Waals surface area contributed by atoms with Gasteiger partial charge in [0.15, 0.2) is 0 Å². The van der Waals surface area contributed by atoms with Crippen LogP contribution in [0.1, 0.15) is 5.56 Å². The third-order valence-corrected chi connectivity index (χ3v) is 8.13. The monoisotopic (exact) mass is 510 g/mol. The van der Waals surface area contributed by atoms with Gasteiger partial charge in [0.1, 0.15) is 11.2 Å². The Morgan fingerprint density at radius 2 is 1.00 bits per heavy atom. The van der Waals surface area contributed by atoms with Gasteiger partial charge in [-0.3, -0.25) is 0 Å². The van der Waals surface area contributed by atoms with E-state index >= 15 is 0 Å². The average Bonchev–Trinajstić information content (AvgIpc) is 3.40. The highest BCUT2D eigenvalue weighted by Crippen LogP contribution is 2.47. The summed E-state index contributed by atoms with van der Waals surface area (Å²) >= 11 is 0. The zero-order chi connectivity index (χ0) is 26.6. The van der Waals surface area contributed by atoms with Crippen LogP contribution in [0, 0.1) is 6.92 Å². The molecule has 40 heavy (non-hydrogen) atoms. The number of hydrogen-bond donors (Lipinski definition) is 0. The van der Waals surface area contributed by atoms with Crippen LogP contribution in [0.25, 0.3) is 76.9 Å². The first-order valence-electron chi connectivity index (χ1n) is 13.8. The Bertz CT molecular complexity index is 2200. The fraction of sp³-hybridized carbons (Fsp3) is 0.0256. The normalized spacial score (nSPS) is 11.6. The van der Waals surface area contributed by atoms with Crippen LogP contribution in [-0.2, 0) is 0 Å². The van der Waals surface area contributed by atoms with Gasteiger partial charge in [-0.15, -0.1) is 0 Å². The van der Waals surface area contributed by atoms with Crippen molar-refractivity contribution in [1.82, 2.24) is 0 Å². The van der Waals surface area contributed by atoms with Gasteiger partial charge in [0.05, 0.1) is 0 Å². The highest BCUT2D eigenvalue weighted by Gasteiger charge is 2.20. The summed E-state index contributed by atoms with van der Waals surface area (Å²) in [7, 11) is 0. The highest BCUT2D eigenvalue weighted by molar-refractivity contribution is 6.25. The summed E-state index contributed by atoms with van der Waals surface area (Å²) in [4.78, 5) is 0. The minimum Gasteiger partial charge on any atom is -0.456 e. The Kier molecular flexibility index (Phi) is 5.11. The molecular weight excluding hydrogens is 484 g/mol. The molecule has 0 saturated heterocycles. The summed E-state index contributed by atoms with van der Waals surface area (Å²) < 4.78 is 6.30. The van der Waals surface area contributed by atoms with E-state index < -0.39 is 0 Å². The lowest BCUT2D eigenvalue weighted by molar-refractivity contribution is 0.669. The van der Waals surface area contributed by atoms with Gasteiger partial charge in [0, 0.05) is 10.8 Å². The fourth-order valence-corrected chi connectivity index (χ4v) is 6.34. The first-order valence-corrected chi connectivity index (χ1v) is 13.8. The maximum absolute atomic E-state index is 6.30. The summed E-state index contributed by atoms with van der Waals surface area (Å²) in [6, 6.07) is 50.1. The van der Waals surface area contributed by atoms with Crippen LogP contribution in [-0.4, -0.2) is 0 Å². The first kappa shape index (κ1) is 22.8. The molecule has 0 aliphatic rings. The minimum absolute atomic E-state index is 0.921. The van der Waals surface area contributed by atoms with E-state index in [-0.39, 0.29) is 0 Å². The zero-order valence-electron chi connectivity index (χ0n) is 22.2. The molecule has 0 radical (unpaired) electrons. The van der Waals surface area contributed by atoms with Gasteiger partial charge in [-0.05, 0) is 74.0 Å². The van der Waals surface area contributed by atoms with E-state index in [9.17, 15) is 0 Å². The number of aryl methyl sites for hydroxylation is 1. The third kappa shape index (κ3) is 3.48. The van der Waals surface area contributed by atoms with Gasteiger partial charge in [-0.2, -0.15) is 0 Å². The number of hydrogen-bond acceptors (Lipinski definition) is 1. The average molecular weight is 511 g/mol. The molecule has 1 nitrogen and oxygen atoms in total. The number of para-hydroxylation sites is 1. The molecule has 0 aliphatic heterocycles. The molecule has 0 bridgehead atoms. The van der Waals surface area contributed by atoms with Crippen LogP contribution in [0.3, 0.4) is 0 Å².